The lowest BCUT2D eigenvalue weighted by atomic mass is 10.1. The number of rotatable bonds is 0. The van der Waals surface area contributed by atoms with Crippen LogP contribution in [0, 0.1) is 0 Å². The van der Waals surface area contributed by atoms with Crippen LogP contribution in [0.2, 0.25) is 0 Å². The van der Waals surface area contributed by atoms with E-state index in [0.717, 1.165) is 10.8 Å². The molecule has 0 saturated carbocycles. The van der Waals surface area contributed by atoms with Crippen molar-refractivity contribution >= 4 is 21.7 Å². The molecule has 2 aromatic carbocycles. The van der Waals surface area contributed by atoms with Crippen LogP contribution in [0.5, 0.6) is 0 Å². The number of fused-ring (bicyclic) bond motifs is 3. The quantitative estimate of drug-likeness (QED) is 0.519. The average molecular weight is 197 g/mol. The van der Waals surface area contributed by atoms with Gasteiger partial charge in [-0.2, -0.15) is 0 Å². The highest BCUT2D eigenvalue weighted by molar-refractivity contribution is 6.04. The molecule has 0 saturated heterocycles. The van der Waals surface area contributed by atoms with E-state index in [1.807, 2.05) is 30.3 Å². The summed E-state index contributed by atoms with van der Waals surface area (Å²) in [7, 11) is 0. The number of nitrogens with zero attached hydrogens (tertiary/aromatic N) is 1. The van der Waals surface area contributed by atoms with Gasteiger partial charge in [0.2, 0.25) is 5.43 Å². The summed E-state index contributed by atoms with van der Waals surface area (Å²) in [6.45, 7) is 0. The summed E-state index contributed by atoms with van der Waals surface area (Å²) in [6.07, 6.45) is 1.20. The largest absolute Gasteiger partial charge is 0.356 e. The van der Waals surface area contributed by atoms with Gasteiger partial charge in [-0.1, -0.05) is 35.5 Å². The minimum atomic E-state index is -0.104. The molecule has 0 aliphatic rings. The van der Waals surface area contributed by atoms with Gasteiger partial charge in [0.05, 0.1) is 5.39 Å². The fourth-order valence-electron chi connectivity index (χ4n) is 1.78. The van der Waals surface area contributed by atoms with Gasteiger partial charge in [-0.3, -0.25) is 4.79 Å². The van der Waals surface area contributed by atoms with Crippen molar-refractivity contribution in [2.75, 3.05) is 0 Å². The van der Waals surface area contributed by atoms with E-state index < -0.39 is 0 Å². The van der Waals surface area contributed by atoms with Crippen LogP contribution in [-0.2, 0) is 0 Å². The molecule has 3 rings (SSSR count). The predicted octanol–water partition coefficient (Wildman–Crippen LogP) is 2.34. The number of benzene rings is 2. The maximum absolute atomic E-state index is 11.7. The fraction of sp³-hybridized carbons (Fsp3) is 0. The molecular weight excluding hydrogens is 190 g/mol. The highest BCUT2D eigenvalue weighted by atomic mass is 16.5. The molecule has 0 aliphatic carbocycles. The van der Waals surface area contributed by atoms with Crippen LogP contribution in [0.25, 0.3) is 21.7 Å². The molecule has 3 nitrogen and oxygen atoms in total. The van der Waals surface area contributed by atoms with Crippen molar-refractivity contribution in [3.8, 4) is 0 Å². The van der Waals surface area contributed by atoms with Crippen LogP contribution in [0.4, 0.5) is 0 Å². The van der Waals surface area contributed by atoms with E-state index in [0.29, 0.717) is 11.0 Å². The van der Waals surface area contributed by atoms with Gasteiger partial charge in [-0.05, 0) is 16.8 Å². The predicted molar refractivity (Wildman–Crippen MR) is 57.8 cm³/mol. The highest BCUT2D eigenvalue weighted by Crippen LogP contribution is 2.21. The van der Waals surface area contributed by atoms with E-state index in [9.17, 15) is 4.79 Å². The number of aromatic nitrogens is 1. The van der Waals surface area contributed by atoms with Gasteiger partial charge < -0.3 is 4.52 Å². The van der Waals surface area contributed by atoms with Crippen molar-refractivity contribution in [1.82, 2.24) is 5.16 Å². The minimum Gasteiger partial charge on any atom is -0.356 e. The normalized spacial score (nSPS) is 10.9. The molecular formula is C12H7NO2. The van der Waals surface area contributed by atoms with Gasteiger partial charge in [0.25, 0.3) is 0 Å². The lowest BCUT2D eigenvalue weighted by molar-refractivity contribution is 0.441. The number of hydrogen-bond donors (Lipinski definition) is 0. The number of hydrogen-bond acceptors (Lipinski definition) is 3. The summed E-state index contributed by atoms with van der Waals surface area (Å²) in [5.74, 6) is 0. The summed E-state index contributed by atoms with van der Waals surface area (Å²) in [6, 6.07) is 11.4. The van der Waals surface area contributed by atoms with Crippen molar-refractivity contribution < 1.29 is 4.52 Å². The van der Waals surface area contributed by atoms with Gasteiger partial charge in [-0.15, -0.1) is 0 Å². The molecule has 1 aromatic heterocycles. The van der Waals surface area contributed by atoms with E-state index in [1.54, 1.807) is 6.07 Å². The summed E-state index contributed by atoms with van der Waals surface area (Å²) in [5, 5.41) is 6.07. The molecule has 0 fully saturated rings. The van der Waals surface area contributed by atoms with Crippen molar-refractivity contribution in [3.05, 3.63) is 52.8 Å². The standard InChI is InChI=1S/C12H7NO2/c14-10-7-13-15-11-6-5-8-3-1-2-4-9(8)12(10)11/h1-7H. The van der Waals surface area contributed by atoms with Gasteiger partial charge in [0, 0.05) is 0 Å². The van der Waals surface area contributed by atoms with Gasteiger partial charge in [-0.25, -0.2) is 0 Å². The zero-order valence-electron chi connectivity index (χ0n) is 7.81. The van der Waals surface area contributed by atoms with Crippen molar-refractivity contribution in [3.63, 3.8) is 0 Å². The summed E-state index contributed by atoms with van der Waals surface area (Å²) >= 11 is 0. The molecule has 0 radical (unpaired) electrons. The van der Waals surface area contributed by atoms with E-state index in [2.05, 4.69) is 5.16 Å². The van der Waals surface area contributed by atoms with E-state index in [4.69, 9.17) is 4.52 Å². The SMILES string of the molecule is O=c1cnoc2ccc3ccccc3c12. The Kier molecular flexibility index (Phi) is 1.59. The lowest BCUT2D eigenvalue weighted by Gasteiger charge is -1.99. The third kappa shape index (κ3) is 1.13. The topological polar surface area (TPSA) is 43.1 Å². The molecule has 0 atom stereocenters. The molecule has 1 heterocycles. The van der Waals surface area contributed by atoms with E-state index in [-0.39, 0.29) is 5.43 Å². The third-order valence-electron chi connectivity index (χ3n) is 2.46. The Labute approximate surface area is 84.9 Å². The lowest BCUT2D eigenvalue weighted by Crippen LogP contribution is -2.00. The second-order valence-corrected chi connectivity index (χ2v) is 3.35. The maximum atomic E-state index is 11.7. The van der Waals surface area contributed by atoms with Crippen molar-refractivity contribution in [2.45, 2.75) is 0 Å². The molecule has 0 bridgehead atoms. The molecule has 0 N–H and O–H groups in total. The van der Waals surface area contributed by atoms with Crippen LogP contribution < -0.4 is 5.43 Å². The zero-order valence-corrected chi connectivity index (χ0v) is 7.81. The highest BCUT2D eigenvalue weighted by Gasteiger charge is 2.05. The molecule has 15 heavy (non-hydrogen) atoms. The van der Waals surface area contributed by atoms with Crippen molar-refractivity contribution in [2.24, 2.45) is 0 Å². The second kappa shape index (κ2) is 2.92. The minimum absolute atomic E-state index is 0.104. The Morgan fingerprint density at radius 3 is 2.87 bits per heavy atom. The van der Waals surface area contributed by atoms with Crippen molar-refractivity contribution in [1.29, 1.82) is 0 Å². The molecule has 0 amide bonds. The van der Waals surface area contributed by atoms with Gasteiger partial charge >= 0.3 is 0 Å². The van der Waals surface area contributed by atoms with Gasteiger partial charge in [0.15, 0.2) is 5.58 Å². The Bertz CT molecular complexity index is 700. The van der Waals surface area contributed by atoms with Gasteiger partial charge in [0.1, 0.15) is 6.20 Å². The summed E-state index contributed by atoms with van der Waals surface area (Å²) < 4.78 is 5.05. The molecule has 3 aromatic rings. The van der Waals surface area contributed by atoms with E-state index in [1.165, 1.54) is 6.20 Å². The van der Waals surface area contributed by atoms with E-state index >= 15 is 0 Å². The first-order chi connectivity index (χ1) is 7.36. The summed E-state index contributed by atoms with van der Waals surface area (Å²) in [5.41, 5.74) is 0.425. The first kappa shape index (κ1) is 8.17. The van der Waals surface area contributed by atoms with Crippen LogP contribution in [0.15, 0.2) is 51.9 Å². The molecule has 0 unspecified atom stereocenters. The first-order valence-electron chi connectivity index (χ1n) is 4.63. The van der Waals surface area contributed by atoms with Crippen LogP contribution in [-0.4, -0.2) is 5.16 Å². The van der Waals surface area contributed by atoms with Crippen LogP contribution in [0.1, 0.15) is 0 Å². The average Bonchev–Trinajstić information content (AvgIpc) is 2.29. The Hall–Kier alpha value is -2.16. The smallest absolute Gasteiger partial charge is 0.211 e. The summed E-state index contributed by atoms with van der Waals surface area (Å²) in [4.78, 5) is 11.7. The monoisotopic (exact) mass is 197 g/mol. The zero-order chi connectivity index (χ0) is 10.3. The van der Waals surface area contributed by atoms with Crippen LogP contribution >= 0.6 is 0 Å². The molecule has 0 aliphatic heterocycles. The Morgan fingerprint density at radius 1 is 1.07 bits per heavy atom. The maximum Gasteiger partial charge on any atom is 0.211 e. The Morgan fingerprint density at radius 2 is 1.93 bits per heavy atom. The Balaban J connectivity index is 2.70. The molecule has 3 heteroatoms. The fourth-order valence-corrected chi connectivity index (χ4v) is 1.78. The first-order valence-corrected chi connectivity index (χ1v) is 4.63. The van der Waals surface area contributed by atoms with Crippen LogP contribution in [0.3, 0.4) is 0 Å². The molecule has 72 valence electrons. The third-order valence-corrected chi connectivity index (χ3v) is 2.46. The second-order valence-electron chi connectivity index (χ2n) is 3.35. The molecule has 0 spiro atoms.